The number of carbonyl (C=O) groups excluding carboxylic acids is 2. The third-order valence-corrected chi connectivity index (χ3v) is 10.0. The average molecular weight is 495 g/mol. The highest BCUT2D eigenvalue weighted by molar-refractivity contribution is 7.13. The summed E-state index contributed by atoms with van der Waals surface area (Å²) in [4.78, 5) is 32.9. The first-order valence-corrected chi connectivity index (χ1v) is 14.6. The molecule has 2 aliphatic carbocycles. The second kappa shape index (κ2) is 10.2. The number of amides is 2. The summed E-state index contributed by atoms with van der Waals surface area (Å²) in [7, 11) is 0. The van der Waals surface area contributed by atoms with Crippen LogP contribution in [0.25, 0.3) is 10.1 Å². The second-order valence-corrected chi connectivity index (χ2v) is 12.3. The van der Waals surface area contributed by atoms with Gasteiger partial charge in [0.25, 0.3) is 0 Å². The lowest BCUT2D eigenvalue weighted by Gasteiger charge is -2.41. The molecule has 2 amide bonds. The van der Waals surface area contributed by atoms with Gasteiger partial charge in [-0.25, -0.2) is 0 Å². The van der Waals surface area contributed by atoms with Crippen molar-refractivity contribution < 1.29 is 9.59 Å². The first kappa shape index (κ1) is 23.4. The maximum absolute atomic E-state index is 13.1. The highest BCUT2D eigenvalue weighted by atomic mass is 32.1. The lowest BCUT2D eigenvalue weighted by Crippen LogP contribution is -2.50. The molecule has 2 aliphatic heterocycles. The summed E-state index contributed by atoms with van der Waals surface area (Å²) < 4.78 is 6.02. The Balaban J connectivity index is 1.07. The minimum atomic E-state index is 0.105. The number of piperazine rings is 1. The van der Waals surface area contributed by atoms with Gasteiger partial charge in [0, 0.05) is 57.5 Å². The van der Waals surface area contributed by atoms with Crippen molar-refractivity contribution >= 4 is 39.3 Å². The van der Waals surface area contributed by atoms with Crippen molar-refractivity contribution in [2.24, 2.45) is 23.7 Å². The van der Waals surface area contributed by atoms with Gasteiger partial charge in [0.15, 0.2) is 0 Å². The van der Waals surface area contributed by atoms with Crippen LogP contribution < -0.4 is 4.90 Å². The van der Waals surface area contributed by atoms with Crippen molar-refractivity contribution in [3.8, 4) is 0 Å². The van der Waals surface area contributed by atoms with Gasteiger partial charge >= 0.3 is 0 Å². The van der Waals surface area contributed by atoms with E-state index in [1.807, 2.05) is 0 Å². The fourth-order valence-electron chi connectivity index (χ4n) is 7.18. The summed E-state index contributed by atoms with van der Waals surface area (Å²) in [5.74, 6) is 3.41. The van der Waals surface area contributed by atoms with Crippen LogP contribution in [0.4, 0.5) is 5.82 Å². The third kappa shape index (κ3) is 4.99. The van der Waals surface area contributed by atoms with Gasteiger partial charge in [-0.3, -0.25) is 19.4 Å². The Bertz CT molecular complexity index is 1040. The van der Waals surface area contributed by atoms with Crippen LogP contribution in [-0.2, 0) is 9.59 Å². The Hall–Kier alpha value is -1.99. The monoisotopic (exact) mass is 494 g/mol. The highest BCUT2D eigenvalue weighted by Gasteiger charge is 2.38. The molecule has 4 aliphatic rings. The molecule has 1 unspecified atom stereocenters. The number of hydrogen-bond acceptors (Lipinski definition) is 6. The number of fused-ring (bicyclic) bond motifs is 3. The molecule has 1 aromatic carbocycles. The lowest BCUT2D eigenvalue weighted by atomic mass is 9.78. The Kier molecular flexibility index (Phi) is 6.80. The molecule has 188 valence electrons. The minimum absolute atomic E-state index is 0.105. The molecular formula is C28H38N4O2S. The fourth-order valence-corrected chi connectivity index (χ4v) is 7.98. The van der Waals surface area contributed by atoms with Gasteiger partial charge in [-0.2, -0.15) is 4.37 Å². The molecule has 0 N–H and O–H groups in total. The molecule has 0 spiro atoms. The zero-order valence-electron chi connectivity index (χ0n) is 20.7. The standard InChI is InChI=1S/C28H38N4O2S/c33-26-16-20-9-10-21(15-20)17-27(34)32(26)19-23-6-2-1-5-22(23)18-30-11-13-31(14-12-30)28-24-7-3-4-8-25(24)35-29-28/h3-4,7-8,20-23H,1-2,5-6,9-19H2/t20-,21+,22-,23?/m0/s1. The summed E-state index contributed by atoms with van der Waals surface area (Å²) in [6, 6.07) is 8.53. The minimum Gasteiger partial charge on any atom is -0.353 e. The maximum atomic E-state index is 13.1. The number of likely N-dealkylation sites (tertiary alicyclic amines) is 1. The maximum Gasteiger partial charge on any atom is 0.229 e. The number of carbonyl (C=O) groups is 2. The number of benzene rings is 1. The van der Waals surface area contributed by atoms with Crippen LogP contribution in [0, 0.1) is 23.7 Å². The predicted molar refractivity (Wildman–Crippen MR) is 141 cm³/mol. The number of nitrogens with zero attached hydrogens (tertiary/aromatic N) is 4. The van der Waals surface area contributed by atoms with Gasteiger partial charge in [-0.05, 0) is 79.4 Å². The van der Waals surface area contributed by atoms with Crippen molar-refractivity contribution in [2.75, 3.05) is 44.2 Å². The summed E-state index contributed by atoms with van der Waals surface area (Å²) in [5.41, 5.74) is 0. The third-order valence-electron chi connectivity index (χ3n) is 9.19. The molecule has 4 atom stereocenters. The van der Waals surface area contributed by atoms with Crippen molar-refractivity contribution in [3.63, 3.8) is 0 Å². The predicted octanol–water partition coefficient (Wildman–Crippen LogP) is 4.79. The normalized spacial score (nSPS) is 30.6. The van der Waals surface area contributed by atoms with E-state index in [2.05, 4.69) is 34.1 Å². The SMILES string of the molecule is O=C1C[C@H]2CC[C@@H](CC(=O)N1CC1CCCC[C@H]1CN1CCN(c3nsc4ccccc34)CC1)C2. The molecule has 35 heavy (non-hydrogen) atoms. The summed E-state index contributed by atoms with van der Waals surface area (Å²) in [6.45, 7) is 5.89. The van der Waals surface area contributed by atoms with E-state index in [1.165, 1.54) is 29.3 Å². The number of rotatable bonds is 5. The van der Waals surface area contributed by atoms with Crippen molar-refractivity contribution in [3.05, 3.63) is 24.3 Å². The largest absolute Gasteiger partial charge is 0.353 e. The van der Waals surface area contributed by atoms with Gasteiger partial charge in [0.05, 0.1) is 4.70 Å². The molecule has 3 heterocycles. The number of imide groups is 1. The van der Waals surface area contributed by atoms with Crippen molar-refractivity contribution in [1.29, 1.82) is 0 Å². The topological polar surface area (TPSA) is 56.8 Å². The molecule has 2 aromatic rings. The number of hydrogen-bond donors (Lipinski definition) is 0. The van der Waals surface area contributed by atoms with Crippen LogP contribution in [0.3, 0.4) is 0 Å². The van der Waals surface area contributed by atoms with Gasteiger partial charge < -0.3 is 4.90 Å². The molecule has 2 saturated heterocycles. The zero-order valence-corrected chi connectivity index (χ0v) is 21.6. The van der Waals surface area contributed by atoms with E-state index in [9.17, 15) is 9.59 Å². The molecule has 1 aromatic heterocycles. The van der Waals surface area contributed by atoms with E-state index >= 15 is 0 Å². The molecule has 7 heteroatoms. The Morgan fingerprint density at radius 1 is 0.829 bits per heavy atom. The van der Waals surface area contributed by atoms with E-state index in [1.54, 1.807) is 16.4 Å². The Morgan fingerprint density at radius 3 is 2.20 bits per heavy atom. The first-order chi connectivity index (χ1) is 17.1. The van der Waals surface area contributed by atoms with Crippen molar-refractivity contribution in [1.82, 2.24) is 14.2 Å². The van der Waals surface area contributed by atoms with Gasteiger partial charge in [0.1, 0.15) is 5.82 Å². The van der Waals surface area contributed by atoms with Crippen molar-refractivity contribution in [2.45, 2.75) is 57.8 Å². The first-order valence-electron chi connectivity index (χ1n) is 13.8. The lowest BCUT2D eigenvalue weighted by molar-refractivity contribution is -0.148. The Labute approximate surface area is 212 Å². The number of anilines is 1. The van der Waals surface area contributed by atoms with Crippen LogP contribution in [0.5, 0.6) is 0 Å². The number of aromatic nitrogens is 1. The zero-order chi connectivity index (χ0) is 23.8. The van der Waals surface area contributed by atoms with Crippen LogP contribution in [-0.4, -0.2) is 65.3 Å². The molecule has 2 saturated carbocycles. The van der Waals surface area contributed by atoms with E-state index < -0.39 is 0 Å². The van der Waals surface area contributed by atoms with E-state index in [4.69, 9.17) is 4.37 Å². The fraction of sp³-hybridized carbons (Fsp3) is 0.679. The van der Waals surface area contributed by atoms with E-state index in [0.29, 0.717) is 43.1 Å². The van der Waals surface area contributed by atoms with E-state index in [-0.39, 0.29) is 11.8 Å². The van der Waals surface area contributed by atoms with Crippen LogP contribution in [0.2, 0.25) is 0 Å². The van der Waals surface area contributed by atoms with Crippen LogP contribution in [0.1, 0.15) is 57.8 Å². The molecule has 4 fully saturated rings. The summed E-state index contributed by atoms with van der Waals surface area (Å²) >= 11 is 1.60. The van der Waals surface area contributed by atoms with Gasteiger partial charge in [0.2, 0.25) is 11.8 Å². The second-order valence-electron chi connectivity index (χ2n) is 11.4. The van der Waals surface area contributed by atoms with E-state index in [0.717, 1.165) is 64.2 Å². The molecule has 2 bridgehead atoms. The summed E-state index contributed by atoms with van der Waals surface area (Å²) in [6.07, 6.45) is 9.41. The molecule has 6 nitrogen and oxygen atoms in total. The molecule has 6 rings (SSSR count). The van der Waals surface area contributed by atoms with Gasteiger partial charge in [-0.15, -0.1) is 0 Å². The molecular weight excluding hydrogens is 456 g/mol. The molecule has 0 radical (unpaired) electrons. The van der Waals surface area contributed by atoms with Gasteiger partial charge in [-0.1, -0.05) is 25.0 Å². The average Bonchev–Trinajstić information content (AvgIpc) is 3.50. The summed E-state index contributed by atoms with van der Waals surface area (Å²) in [5, 5.41) is 1.27. The van der Waals surface area contributed by atoms with Crippen LogP contribution in [0.15, 0.2) is 24.3 Å². The van der Waals surface area contributed by atoms with Crippen LogP contribution >= 0.6 is 11.5 Å². The highest BCUT2D eigenvalue weighted by Crippen LogP contribution is 2.39. The quantitative estimate of drug-likeness (QED) is 0.560. The Morgan fingerprint density at radius 2 is 1.49 bits per heavy atom. The smallest absolute Gasteiger partial charge is 0.229 e.